The predicted octanol–water partition coefficient (Wildman–Crippen LogP) is 10.6. The molecule has 0 spiro atoms. The number of nitrogens with zero attached hydrogens (tertiary/aromatic N) is 2. The van der Waals surface area contributed by atoms with E-state index in [9.17, 15) is 0 Å². The SMILES string of the molecule is CCCCCCCCCCCCCCCCCC[n+]1ccc(/C=C/C=C/C=C/c2ccc(N(C)C)cc2)cc1. The second-order valence-corrected chi connectivity index (χ2v) is 11.3. The molecule has 2 rings (SSSR count). The van der Waals surface area contributed by atoms with E-state index in [-0.39, 0.29) is 0 Å². The number of benzene rings is 1. The molecule has 0 N–H and O–H groups in total. The first-order chi connectivity index (χ1) is 19.2. The molecule has 0 saturated heterocycles. The average Bonchev–Trinajstić information content (AvgIpc) is 2.95. The second kappa shape index (κ2) is 22.2. The van der Waals surface area contributed by atoms with Crippen molar-refractivity contribution in [3.05, 3.63) is 84.2 Å². The van der Waals surface area contributed by atoms with Crippen LogP contribution in [-0.2, 0) is 6.54 Å². The maximum Gasteiger partial charge on any atom is 0.169 e. The summed E-state index contributed by atoms with van der Waals surface area (Å²) in [5.74, 6) is 0. The molecule has 0 unspecified atom stereocenters. The molecule has 0 saturated carbocycles. The zero-order chi connectivity index (χ0) is 27.8. The highest BCUT2D eigenvalue weighted by molar-refractivity contribution is 5.57. The number of aryl methyl sites for hydroxylation is 1. The average molecular weight is 530 g/mol. The number of allylic oxidation sites excluding steroid dienone is 4. The molecule has 1 heterocycles. The van der Waals surface area contributed by atoms with E-state index < -0.39 is 0 Å². The molecule has 0 bridgehead atoms. The maximum absolute atomic E-state index is 2.32. The van der Waals surface area contributed by atoms with Crippen LogP contribution in [0, 0.1) is 0 Å². The van der Waals surface area contributed by atoms with Crippen molar-refractivity contribution in [1.82, 2.24) is 0 Å². The molecule has 0 atom stereocenters. The molecule has 0 aliphatic rings. The molecule has 0 fully saturated rings. The van der Waals surface area contributed by atoms with Crippen LogP contribution in [0.25, 0.3) is 12.2 Å². The van der Waals surface area contributed by atoms with Crippen molar-refractivity contribution in [3.63, 3.8) is 0 Å². The number of anilines is 1. The van der Waals surface area contributed by atoms with Gasteiger partial charge in [-0.3, -0.25) is 0 Å². The smallest absolute Gasteiger partial charge is 0.169 e. The zero-order valence-corrected chi connectivity index (χ0v) is 25.5. The maximum atomic E-state index is 2.32. The summed E-state index contributed by atoms with van der Waals surface area (Å²) < 4.78 is 2.32. The lowest BCUT2D eigenvalue weighted by Crippen LogP contribution is -2.32. The van der Waals surface area contributed by atoms with Crippen molar-refractivity contribution < 1.29 is 4.57 Å². The van der Waals surface area contributed by atoms with E-state index in [1.54, 1.807) is 0 Å². The van der Waals surface area contributed by atoms with Gasteiger partial charge in [0.2, 0.25) is 0 Å². The van der Waals surface area contributed by atoms with Gasteiger partial charge in [-0.05, 0) is 29.7 Å². The van der Waals surface area contributed by atoms with E-state index in [0.29, 0.717) is 0 Å². The normalized spacial score (nSPS) is 11.9. The van der Waals surface area contributed by atoms with Gasteiger partial charge in [0, 0.05) is 38.3 Å². The van der Waals surface area contributed by atoms with Crippen LogP contribution in [0.2, 0.25) is 0 Å². The van der Waals surface area contributed by atoms with E-state index in [2.05, 4.69) is 116 Å². The molecule has 2 nitrogen and oxygen atoms in total. The minimum absolute atomic E-state index is 1.13. The Balaban J connectivity index is 1.45. The summed E-state index contributed by atoms with van der Waals surface area (Å²) in [5.41, 5.74) is 3.68. The Hall–Kier alpha value is -2.61. The van der Waals surface area contributed by atoms with Gasteiger partial charge in [0.05, 0.1) is 0 Å². The first kappa shape index (κ1) is 32.6. The minimum Gasteiger partial charge on any atom is -0.378 e. The van der Waals surface area contributed by atoms with Crippen LogP contribution in [-0.4, -0.2) is 14.1 Å². The highest BCUT2D eigenvalue weighted by Crippen LogP contribution is 2.14. The molecule has 0 aliphatic heterocycles. The molecule has 2 heteroatoms. The highest BCUT2D eigenvalue weighted by Gasteiger charge is 2.00. The van der Waals surface area contributed by atoms with Gasteiger partial charge in [-0.1, -0.05) is 145 Å². The van der Waals surface area contributed by atoms with Gasteiger partial charge in [-0.15, -0.1) is 0 Å². The van der Waals surface area contributed by atoms with E-state index in [0.717, 1.165) is 6.54 Å². The third-order valence-electron chi connectivity index (χ3n) is 7.51. The molecular weight excluding hydrogens is 472 g/mol. The molecule has 0 aliphatic carbocycles. The molecule has 1 aromatic carbocycles. The van der Waals surface area contributed by atoms with E-state index in [4.69, 9.17) is 0 Å². The summed E-state index contributed by atoms with van der Waals surface area (Å²) in [7, 11) is 4.13. The van der Waals surface area contributed by atoms with E-state index in [1.165, 1.54) is 120 Å². The number of aromatic nitrogens is 1. The van der Waals surface area contributed by atoms with Crippen LogP contribution in [0.4, 0.5) is 5.69 Å². The van der Waals surface area contributed by atoms with Crippen molar-refractivity contribution >= 4 is 17.8 Å². The zero-order valence-electron chi connectivity index (χ0n) is 25.5. The van der Waals surface area contributed by atoms with Gasteiger partial charge in [0.15, 0.2) is 12.4 Å². The Kier molecular flexibility index (Phi) is 18.6. The molecule has 39 heavy (non-hydrogen) atoms. The van der Waals surface area contributed by atoms with Crippen LogP contribution in [0.15, 0.2) is 73.1 Å². The van der Waals surface area contributed by atoms with Gasteiger partial charge in [0.25, 0.3) is 0 Å². The van der Waals surface area contributed by atoms with Gasteiger partial charge < -0.3 is 4.90 Å². The lowest BCUT2D eigenvalue weighted by atomic mass is 10.0. The second-order valence-electron chi connectivity index (χ2n) is 11.3. The monoisotopic (exact) mass is 529 g/mol. The Morgan fingerprint density at radius 1 is 0.513 bits per heavy atom. The number of unbranched alkanes of at least 4 members (excludes halogenated alkanes) is 15. The number of pyridine rings is 1. The number of rotatable bonds is 22. The third-order valence-corrected chi connectivity index (χ3v) is 7.51. The van der Waals surface area contributed by atoms with Crippen molar-refractivity contribution in [2.24, 2.45) is 0 Å². The van der Waals surface area contributed by atoms with Crippen LogP contribution >= 0.6 is 0 Å². The third kappa shape index (κ3) is 16.9. The van der Waals surface area contributed by atoms with Gasteiger partial charge in [-0.2, -0.15) is 0 Å². The summed E-state index contributed by atoms with van der Waals surface area (Å²) in [5, 5.41) is 0. The van der Waals surface area contributed by atoms with Crippen LogP contribution in [0.3, 0.4) is 0 Å². The van der Waals surface area contributed by atoms with E-state index >= 15 is 0 Å². The van der Waals surface area contributed by atoms with Crippen molar-refractivity contribution in [1.29, 1.82) is 0 Å². The lowest BCUT2D eigenvalue weighted by molar-refractivity contribution is -0.697. The summed E-state index contributed by atoms with van der Waals surface area (Å²) in [4.78, 5) is 2.12. The van der Waals surface area contributed by atoms with Crippen molar-refractivity contribution in [3.8, 4) is 0 Å². The molecule has 214 valence electrons. The molecular formula is C37H57N2+. The Bertz CT molecular complexity index is 919. The fraction of sp³-hybridized carbons (Fsp3) is 0.541. The largest absolute Gasteiger partial charge is 0.378 e. The van der Waals surface area contributed by atoms with Gasteiger partial charge in [-0.25, -0.2) is 4.57 Å². The lowest BCUT2D eigenvalue weighted by Gasteiger charge is -2.11. The van der Waals surface area contributed by atoms with Crippen molar-refractivity contribution in [2.45, 2.75) is 116 Å². The summed E-state index contributed by atoms with van der Waals surface area (Å²) in [6, 6.07) is 13.0. The fourth-order valence-corrected chi connectivity index (χ4v) is 4.92. The summed E-state index contributed by atoms with van der Waals surface area (Å²) in [6.07, 6.45) is 39.8. The summed E-state index contributed by atoms with van der Waals surface area (Å²) >= 11 is 0. The van der Waals surface area contributed by atoms with Gasteiger partial charge >= 0.3 is 0 Å². The number of hydrogen-bond donors (Lipinski definition) is 0. The van der Waals surface area contributed by atoms with Crippen molar-refractivity contribution in [2.75, 3.05) is 19.0 Å². The Morgan fingerprint density at radius 3 is 1.36 bits per heavy atom. The molecule has 1 aromatic heterocycles. The Labute approximate surface area is 241 Å². The van der Waals surface area contributed by atoms with E-state index in [1.807, 2.05) is 0 Å². The fourth-order valence-electron chi connectivity index (χ4n) is 4.92. The molecule has 0 radical (unpaired) electrons. The topological polar surface area (TPSA) is 7.12 Å². The Morgan fingerprint density at radius 2 is 0.923 bits per heavy atom. The first-order valence-electron chi connectivity index (χ1n) is 16.0. The minimum atomic E-state index is 1.13. The standard InChI is InChI=1S/C37H57N2/c1-4-5-6-7-8-9-10-11-12-13-14-15-16-17-20-23-32-39-33-30-36(31-34-39)25-22-19-18-21-24-35-26-28-37(29-27-35)38(2)3/h18-19,21-22,24-31,33-34H,4-17,20,23,32H2,1-3H3/q+1. The predicted molar refractivity (Wildman–Crippen MR) is 174 cm³/mol. The quantitative estimate of drug-likeness (QED) is 0.0835. The van der Waals surface area contributed by atoms with Crippen LogP contribution in [0.1, 0.15) is 121 Å². The molecule has 2 aromatic rings. The van der Waals surface area contributed by atoms with Crippen LogP contribution < -0.4 is 9.47 Å². The van der Waals surface area contributed by atoms with Crippen LogP contribution in [0.5, 0.6) is 0 Å². The highest BCUT2D eigenvalue weighted by atomic mass is 15.1. The van der Waals surface area contributed by atoms with Gasteiger partial charge in [0.1, 0.15) is 6.54 Å². The summed E-state index contributed by atoms with van der Waals surface area (Å²) in [6.45, 7) is 3.42. The first-order valence-corrected chi connectivity index (χ1v) is 16.0. The molecule has 0 amide bonds. The number of hydrogen-bond acceptors (Lipinski definition) is 1.